The van der Waals surface area contributed by atoms with Gasteiger partial charge in [0.2, 0.25) is 5.78 Å². The third kappa shape index (κ3) is 4.05. The fraction of sp³-hybridized carbons (Fsp3) is 0.500. The molecule has 3 aliphatic rings. The largest absolute Gasteiger partial charge is 0.497 e. The molecule has 8 nitrogen and oxygen atoms in total. The quantitative estimate of drug-likeness (QED) is 0.382. The first-order valence-corrected chi connectivity index (χ1v) is 10.6. The topological polar surface area (TPSA) is 92.8 Å². The Morgan fingerprint density at radius 2 is 1.94 bits per heavy atom. The van der Waals surface area contributed by atoms with E-state index in [2.05, 4.69) is 0 Å². The molecule has 4 atom stereocenters. The Balaban J connectivity index is 1.85. The third-order valence-electron chi connectivity index (χ3n) is 6.14. The van der Waals surface area contributed by atoms with Gasteiger partial charge in [-0.25, -0.2) is 9.18 Å². The molecule has 1 aromatic rings. The van der Waals surface area contributed by atoms with E-state index in [1.165, 1.54) is 14.2 Å². The first-order chi connectivity index (χ1) is 15.6. The molecule has 3 heterocycles. The van der Waals surface area contributed by atoms with Gasteiger partial charge in [0.05, 0.1) is 12.7 Å². The fourth-order valence-corrected chi connectivity index (χ4v) is 4.27. The molecular weight excluding hydrogens is 435 g/mol. The number of methoxy groups -OCH3 is 2. The van der Waals surface area contributed by atoms with E-state index in [0.29, 0.717) is 11.3 Å². The Kier molecular flexibility index (Phi) is 6.07. The van der Waals surface area contributed by atoms with E-state index >= 15 is 0 Å². The number of ether oxygens (including phenoxy) is 6. The van der Waals surface area contributed by atoms with Gasteiger partial charge in [-0.3, -0.25) is 4.79 Å². The van der Waals surface area contributed by atoms with Crippen molar-refractivity contribution in [2.45, 2.75) is 56.7 Å². The van der Waals surface area contributed by atoms with Crippen molar-refractivity contribution in [2.75, 3.05) is 21.0 Å². The molecule has 9 heteroatoms. The second kappa shape index (κ2) is 8.55. The summed E-state index contributed by atoms with van der Waals surface area (Å²) in [6.45, 7) is 5.07. The van der Waals surface area contributed by atoms with Crippen LogP contribution >= 0.6 is 0 Å². The van der Waals surface area contributed by atoms with Gasteiger partial charge in [-0.15, -0.1) is 0 Å². The summed E-state index contributed by atoms with van der Waals surface area (Å²) >= 11 is 0. The van der Waals surface area contributed by atoms with E-state index in [1.807, 2.05) is 0 Å². The average molecular weight is 462 g/mol. The number of rotatable bonds is 4. The van der Waals surface area contributed by atoms with Gasteiger partial charge in [0, 0.05) is 19.6 Å². The van der Waals surface area contributed by atoms with E-state index in [9.17, 15) is 14.0 Å². The highest BCUT2D eigenvalue weighted by Gasteiger charge is 2.75. The maximum Gasteiger partial charge on any atom is 0.342 e. The van der Waals surface area contributed by atoms with Crippen LogP contribution in [0.3, 0.4) is 0 Å². The minimum absolute atomic E-state index is 0.00564. The molecule has 2 fully saturated rings. The lowest BCUT2D eigenvalue weighted by Crippen LogP contribution is -2.38. The van der Waals surface area contributed by atoms with Crippen molar-refractivity contribution in [3.05, 3.63) is 41.2 Å². The Morgan fingerprint density at radius 3 is 2.61 bits per heavy atom. The van der Waals surface area contributed by atoms with Gasteiger partial charge < -0.3 is 28.4 Å². The van der Waals surface area contributed by atoms with Crippen LogP contribution in [0.2, 0.25) is 0 Å². The summed E-state index contributed by atoms with van der Waals surface area (Å²) in [5.74, 6) is -1.73. The summed E-state index contributed by atoms with van der Waals surface area (Å²) < 4.78 is 47.9. The van der Waals surface area contributed by atoms with Gasteiger partial charge in [0.15, 0.2) is 18.7 Å². The lowest BCUT2D eigenvalue weighted by molar-refractivity contribution is -0.143. The second-order valence-electron chi connectivity index (χ2n) is 8.72. The Labute approximate surface area is 191 Å². The van der Waals surface area contributed by atoms with Gasteiger partial charge in [0.1, 0.15) is 34.9 Å². The molecule has 3 aliphatic heterocycles. The molecule has 2 bridgehead atoms. The fourth-order valence-electron chi connectivity index (χ4n) is 4.27. The maximum absolute atomic E-state index is 14.6. The van der Waals surface area contributed by atoms with Crippen molar-refractivity contribution in [3.8, 4) is 11.5 Å². The summed E-state index contributed by atoms with van der Waals surface area (Å²) in [6, 6.07) is 3.23. The molecule has 2 saturated heterocycles. The average Bonchev–Trinajstić information content (AvgIpc) is 3.48. The molecule has 0 aromatic heterocycles. The monoisotopic (exact) mass is 462 g/mol. The van der Waals surface area contributed by atoms with E-state index in [-0.39, 0.29) is 24.5 Å². The molecule has 0 saturated carbocycles. The highest BCUT2D eigenvalue weighted by Crippen LogP contribution is 2.57. The van der Waals surface area contributed by atoms with E-state index in [0.717, 1.165) is 6.08 Å². The van der Waals surface area contributed by atoms with Crippen LogP contribution in [0.25, 0.3) is 6.08 Å². The van der Waals surface area contributed by atoms with Crippen LogP contribution in [0.15, 0.2) is 30.1 Å². The Morgan fingerprint density at radius 1 is 1.18 bits per heavy atom. The molecule has 0 radical (unpaired) electrons. The molecular formula is C24H27FO8. The minimum Gasteiger partial charge on any atom is -0.497 e. The van der Waals surface area contributed by atoms with Gasteiger partial charge in [-0.2, -0.15) is 0 Å². The number of carbonyl (C=O) groups is 2. The molecule has 4 rings (SSSR count). The lowest BCUT2D eigenvalue weighted by atomic mass is 9.87. The zero-order chi connectivity index (χ0) is 24.0. The predicted octanol–water partition coefficient (Wildman–Crippen LogP) is 3.38. The van der Waals surface area contributed by atoms with Crippen molar-refractivity contribution in [1.29, 1.82) is 0 Å². The molecule has 0 aliphatic carbocycles. The van der Waals surface area contributed by atoms with Gasteiger partial charge >= 0.3 is 5.97 Å². The highest BCUT2D eigenvalue weighted by atomic mass is 19.1. The Hall–Kier alpha value is -2.75. The molecule has 33 heavy (non-hydrogen) atoms. The molecule has 0 spiro atoms. The number of cyclic esters (lactones) is 1. The molecule has 1 aromatic carbocycles. The van der Waals surface area contributed by atoms with E-state index in [1.54, 1.807) is 45.1 Å². The number of esters is 1. The molecule has 0 amide bonds. The van der Waals surface area contributed by atoms with Crippen molar-refractivity contribution in [1.82, 2.24) is 0 Å². The number of Topliss-reactive ketones (excluding diaryl/α,β-unsaturated/α-hetero) is 1. The number of halogens is 1. The molecule has 0 N–H and O–H groups in total. The summed E-state index contributed by atoms with van der Waals surface area (Å²) in [5.41, 5.74) is -1.24. The summed E-state index contributed by atoms with van der Waals surface area (Å²) in [7, 11) is 2.96. The smallest absolute Gasteiger partial charge is 0.342 e. The molecule has 1 unspecified atom stereocenters. The summed E-state index contributed by atoms with van der Waals surface area (Å²) in [6.07, 6.45) is 2.12. The van der Waals surface area contributed by atoms with Gasteiger partial charge in [-0.05, 0) is 44.6 Å². The SMILES string of the molecule is COCOc1cc(OC)cc2c1C(=O)O[C@@H](C)CC=C(F)C(=O)[C@H]1OC(C)(C)C3(C=C2)O[C@H]13. The van der Waals surface area contributed by atoms with Crippen molar-refractivity contribution in [3.63, 3.8) is 0 Å². The van der Waals surface area contributed by atoms with Crippen LogP contribution in [0, 0.1) is 0 Å². The van der Waals surface area contributed by atoms with Crippen molar-refractivity contribution < 1.29 is 42.4 Å². The Bertz CT molecular complexity index is 1030. The van der Waals surface area contributed by atoms with Crippen LogP contribution in [-0.4, -0.2) is 62.3 Å². The number of fused-ring (bicyclic) bond motifs is 1. The van der Waals surface area contributed by atoms with Gasteiger partial charge in [-0.1, -0.05) is 6.08 Å². The summed E-state index contributed by atoms with van der Waals surface area (Å²) in [4.78, 5) is 25.8. The molecule has 178 valence electrons. The predicted molar refractivity (Wildman–Crippen MR) is 115 cm³/mol. The summed E-state index contributed by atoms with van der Waals surface area (Å²) in [5, 5.41) is 0. The number of carbonyl (C=O) groups excluding carboxylic acids is 2. The van der Waals surface area contributed by atoms with E-state index in [4.69, 9.17) is 28.4 Å². The lowest BCUT2D eigenvalue weighted by Gasteiger charge is -2.27. The van der Waals surface area contributed by atoms with Crippen molar-refractivity contribution in [2.24, 2.45) is 0 Å². The van der Waals surface area contributed by atoms with Crippen molar-refractivity contribution >= 4 is 17.8 Å². The van der Waals surface area contributed by atoms with Crippen LogP contribution in [-0.2, 0) is 23.7 Å². The number of ketones is 1. The second-order valence-corrected chi connectivity index (χ2v) is 8.72. The maximum atomic E-state index is 14.6. The zero-order valence-corrected chi connectivity index (χ0v) is 19.2. The van der Waals surface area contributed by atoms with Crippen LogP contribution < -0.4 is 9.47 Å². The highest BCUT2D eigenvalue weighted by molar-refractivity contribution is 5.99. The number of epoxide rings is 1. The van der Waals surface area contributed by atoms with Crippen LogP contribution in [0.1, 0.15) is 43.1 Å². The number of hydrogen-bond acceptors (Lipinski definition) is 8. The number of hydrogen-bond donors (Lipinski definition) is 0. The minimum atomic E-state index is -1.06. The third-order valence-corrected chi connectivity index (χ3v) is 6.14. The van der Waals surface area contributed by atoms with Crippen LogP contribution in [0.5, 0.6) is 11.5 Å². The normalized spacial score (nSPS) is 30.5. The standard InChI is InChI=1S/C24H27FO8/c1-13-6-7-16(25)19(26)20-21-24(33-21,23(2,3)32-20)9-8-14-10-15(29-5)11-17(30-12-28-4)18(14)22(27)31-13/h7-11,13,20-21H,6,12H2,1-5H3/t13-,20+,21+,24?/m0/s1. The van der Waals surface area contributed by atoms with Gasteiger partial charge in [0.25, 0.3) is 0 Å². The first kappa shape index (κ1) is 23.4. The first-order valence-electron chi connectivity index (χ1n) is 10.6. The zero-order valence-electron chi connectivity index (χ0n) is 19.2. The number of benzene rings is 1. The van der Waals surface area contributed by atoms with Crippen LogP contribution in [0.4, 0.5) is 4.39 Å². The van der Waals surface area contributed by atoms with E-state index < -0.39 is 47.1 Å².